The van der Waals surface area contributed by atoms with Crippen molar-refractivity contribution in [2.45, 2.75) is 52.2 Å². The minimum Gasteiger partial charge on any atom is -0.462 e. The molecule has 3 rings (SSSR count). The summed E-state index contributed by atoms with van der Waals surface area (Å²) in [5, 5.41) is 4.85. The molecule has 0 fully saturated rings. The van der Waals surface area contributed by atoms with Crippen LogP contribution in [0.1, 0.15) is 48.6 Å². The molecule has 154 valence electrons. The van der Waals surface area contributed by atoms with Crippen molar-refractivity contribution in [3.8, 4) is 0 Å². The van der Waals surface area contributed by atoms with Crippen LogP contribution in [0.3, 0.4) is 0 Å². The number of unbranched alkanes of at least 4 members (excludes halogenated alkanes) is 2. The van der Waals surface area contributed by atoms with Crippen LogP contribution >= 0.6 is 11.3 Å². The van der Waals surface area contributed by atoms with Crippen molar-refractivity contribution in [3.63, 3.8) is 0 Å². The third-order valence-electron chi connectivity index (χ3n) is 4.50. The van der Waals surface area contributed by atoms with Crippen LogP contribution in [0.15, 0.2) is 41.8 Å². The Bertz CT molecular complexity index is 948. The van der Waals surface area contributed by atoms with Crippen LogP contribution in [0, 0.1) is 0 Å². The Morgan fingerprint density at radius 1 is 1.14 bits per heavy atom. The Labute approximate surface area is 174 Å². The number of hydrogen-bond acceptors (Lipinski definition) is 5. The van der Waals surface area contributed by atoms with Crippen LogP contribution in [-0.4, -0.2) is 34.1 Å². The summed E-state index contributed by atoms with van der Waals surface area (Å²) in [6, 6.07) is 11.6. The molecule has 0 saturated carbocycles. The number of fused-ring (bicyclic) bond motifs is 1. The highest BCUT2D eigenvalue weighted by atomic mass is 32.1. The van der Waals surface area contributed by atoms with Crippen LogP contribution in [-0.2, 0) is 22.5 Å². The molecule has 0 radical (unpaired) electrons. The van der Waals surface area contributed by atoms with Crippen molar-refractivity contribution >= 4 is 34.2 Å². The second kappa shape index (κ2) is 10.2. The van der Waals surface area contributed by atoms with Crippen LogP contribution in [0.5, 0.6) is 0 Å². The number of carbonyl (C=O) groups excluding carboxylic acids is 2. The Balaban J connectivity index is 1.52. The number of benzene rings is 1. The molecule has 1 aromatic carbocycles. The molecular weight excluding hydrogens is 386 g/mol. The van der Waals surface area contributed by atoms with Gasteiger partial charge in [-0.15, -0.1) is 11.3 Å². The van der Waals surface area contributed by atoms with E-state index < -0.39 is 0 Å². The van der Waals surface area contributed by atoms with E-state index in [1.807, 2.05) is 60.2 Å². The normalized spacial score (nSPS) is 11.1. The van der Waals surface area contributed by atoms with E-state index >= 15 is 0 Å². The molecule has 0 saturated heterocycles. The molecule has 0 aliphatic heterocycles. The topological polar surface area (TPSA) is 73.2 Å². The number of hydrogen-bond donors (Lipinski definition) is 1. The molecule has 1 amide bonds. The lowest BCUT2D eigenvalue weighted by atomic mass is 10.2. The van der Waals surface area contributed by atoms with E-state index in [0.29, 0.717) is 6.54 Å². The molecule has 29 heavy (non-hydrogen) atoms. The van der Waals surface area contributed by atoms with Gasteiger partial charge in [0.15, 0.2) is 0 Å². The van der Waals surface area contributed by atoms with Crippen LogP contribution < -0.4 is 5.32 Å². The summed E-state index contributed by atoms with van der Waals surface area (Å²) in [5.41, 5.74) is 1.84. The fraction of sp³-hybridized carbons (Fsp3) is 0.409. The van der Waals surface area contributed by atoms with Gasteiger partial charge in [0.2, 0.25) is 0 Å². The first-order chi connectivity index (χ1) is 14.0. The number of carbonyl (C=O) groups is 2. The lowest BCUT2D eigenvalue weighted by Gasteiger charge is -2.11. The molecule has 2 aromatic heterocycles. The number of para-hydroxylation sites is 2. The van der Waals surface area contributed by atoms with Gasteiger partial charge in [0.05, 0.1) is 22.0 Å². The third kappa shape index (κ3) is 5.90. The number of aromatic nitrogens is 2. The number of imidazole rings is 1. The first-order valence-corrected chi connectivity index (χ1v) is 10.9. The predicted molar refractivity (Wildman–Crippen MR) is 115 cm³/mol. The van der Waals surface area contributed by atoms with Crippen LogP contribution in [0.25, 0.3) is 11.0 Å². The fourth-order valence-electron chi connectivity index (χ4n) is 3.20. The number of amides is 1. The first kappa shape index (κ1) is 21.0. The molecule has 0 atom stereocenters. The van der Waals surface area contributed by atoms with E-state index in [2.05, 4.69) is 5.32 Å². The highest BCUT2D eigenvalue weighted by molar-refractivity contribution is 7.12. The maximum Gasteiger partial charge on any atom is 0.326 e. The Kier molecular flexibility index (Phi) is 7.41. The van der Waals surface area contributed by atoms with Gasteiger partial charge in [0, 0.05) is 13.0 Å². The monoisotopic (exact) mass is 413 g/mol. The van der Waals surface area contributed by atoms with E-state index in [-0.39, 0.29) is 24.5 Å². The average Bonchev–Trinajstić information content (AvgIpc) is 3.33. The Morgan fingerprint density at radius 3 is 2.72 bits per heavy atom. The summed E-state index contributed by atoms with van der Waals surface area (Å²) in [6.45, 7) is 4.53. The molecule has 0 spiro atoms. The van der Waals surface area contributed by atoms with Crippen molar-refractivity contribution in [2.24, 2.45) is 0 Å². The van der Waals surface area contributed by atoms with Crippen molar-refractivity contribution in [1.82, 2.24) is 14.9 Å². The van der Waals surface area contributed by atoms with E-state index in [9.17, 15) is 9.59 Å². The van der Waals surface area contributed by atoms with Gasteiger partial charge in [-0.3, -0.25) is 9.59 Å². The molecular formula is C22H27N3O3S. The van der Waals surface area contributed by atoms with Crippen molar-refractivity contribution in [3.05, 3.63) is 52.5 Å². The zero-order valence-electron chi connectivity index (χ0n) is 16.9. The smallest absolute Gasteiger partial charge is 0.326 e. The van der Waals surface area contributed by atoms with Gasteiger partial charge in [0.1, 0.15) is 12.4 Å². The van der Waals surface area contributed by atoms with E-state index in [4.69, 9.17) is 9.72 Å². The van der Waals surface area contributed by atoms with Crippen molar-refractivity contribution < 1.29 is 14.3 Å². The summed E-state index contributed by atoms with van der Waals surface area (Å²) >= 11 is 1.45. The predicted octanol–water partition coefficient (Wildman–Crippen LogP) is 4.19. The van der Waals surface area contributed by atoms with Gasteiger partial charge in [-0.1, -0.05) is 24.6 Å². The minimum atomic E-state index is -0.249. The third-order valence-corrected chi connectivity index (χ3v) is 5.36. The second-order valence-corrected chi connectivity index (χ2v) is 8.13. The number of rotatable bonds is 10. The number of aryl methyl sites for hydroxylation is 1. The quantitative estimate of drug-likeness (QED) is 0.399. The summed E-state index contributed by atoms with van der Waals surface area (Å²) < 4.78 is 7.27. The average molecular weight is 414 g/mol. The summed E-state index contributed by atoms with van der Waals surface area (Å²) in [5.74, 6) is 0.640. The lowest BCUT2D eigenvalue weighted by molar-refractivity contribution is -0.148. The highest BCUT2D eigenvalue weighted by Crippen LogP contribution is 2.18. The summed E-state index contributed by atoms with van der Waals surface area (Å²) in [6.07, 6.45) is 3.47. The van der Waals surface area contributed by atoms with E-state index in [0.717, 1.165) is 47.4 Å². The number of ether oxygens (including phenoxy) is 1. The zero-order chi connectivity index (χ0) is 20.6. The van der Waals surface area contributed by atoms with E-state index in [1.165, 1.54) is 11.3 Å². The highest BCUT2D eigenvalue weighted by Gasteiger charge is 2.15. The van der Waals surface area contributed by atoms with Gasteiger partial charge in [-0.25, -0.2) is 4.98 Å². The molecule has 0 aliphatic rings. The molecule has 2 heterocycles. The SMILES string of the molecule is CC(C)OC(=O)Cn1c(CCCCCNC(=O)c2cccs2)nc2ccccc21. The zero-order valence-corrected chi connectivity index (χ0v) is 17.7. The summed E-state index contributed by atoms with van der Waals surface area (Å²) in [7, 11) is 0. The molecule has 6 nitrogen and oxygen atoms in total. The largest absolute Gasteiger partial charge is 0.462 e. The molecule has 7 heteroatoms. The van der Waals surface area contributed by atoms with Gasteiger partial charge in [-0.2, -0.15) is 0 Å². The second-order valence-electron chi connectivity index (χ2n) is 7.19. The first-order valence-electron chi connectivity index (χ1n) is 10.00. The van der Waals surface area contributed by atoms with Crippen molar-refractivity contribution in [2.75, 3.05) is 6.54 Å². The number of thiophene rings is 1. The molecule has 0 aliphatic carbocycles. The molecule has 3 aromatic rings. The maximum atomic E-state index is 12.2. The van der Waals surface area contributed by atoms with Crippen molar-refractivity contribution in [1.29, 1.82) is 0 Å². The van der Waals surface area contributed by atoms with Crippen LogP contribution in [0.2, 0.25) is 0 Å². The maximum absolute atomic E-state index is 12.2. The van der Waals surface area contributed by atoms with Gasteiger partial charge >= 0.3 is 5.97 Å². The lowest BCUT2D eigenvalue weighted by Crippen LogP contribution is -2.23. The fourth-order valence-corrected chi connectivity index (χ4v) is 3.84. The number of esters is 1. The Morgan fingerprint density at radius 2 is 1.97 bits per heavy atom. The molecule has 1 N–H and O–H groups in total. The minimum absolute atomic E-state index is 0.00884. The number of nitrogens with zero attached hydrogens (tertiary/aromatic N) is 2. The van der Waals surface area contributed by atoms with Gasteiger partial charge in [0.25, 0.3) is 5.91 Å². The standard InChI is InChI=1S/C22H27N3O3S/c1-16(2)28-21(26)15-25-18-10-6-5-9-17(18)24-20(25)12-4-3-7-13-23-22(27)19-11-8-14-29-19/h5-6,8-11,14,16H,3-4,7,12-13,15H2,1-2H3,(H,23,27). The van der Waals surface area contributed by atoms with E-state index in [1.54, 1.807) is 0 Å². The molecule has 0 bridgehead atoms. The molecule has 0 unspecified atom stereocenters. The van der Waals surface area contributed by atoms with Gasteiger partial charge < -0.3 is 14.6 Å². The Hall–Kier alpha value is -2.67. The summed E-state index contributed by atoms with van der Waals surface area (Å²) in [4.78, 5) is 29.6. The van der Waals surface area contributed by atoms with Gasteiger partial charge in [-0.05, 0) is 50.3 Å². The van der Waals surface area contributed by atoms with Crippen LogP contribution in [0.4, 0.5) is 0 Å². The number of nitrogens with one attached hydrogen (secondary N) is 1.